The van der Waals surface area contributed by atoms with E-state index in [9.17, 15) is 9.59 Å². The van der Waals surface area contributed by atoms with E-state index in [0.29, 0.717) is 37.4 Å². The minimum absolute atomic E-state index is 0.0468. The van der Waals surface area contributed by atoms with Crippen molar-refractivity contribution in [1.29, 1.82) is 0 Å². The molecule has 0 saturated carbocycles. The maximum atomic E-state index is 12.2. The highest BCUT2D eigenvalue weighted by molar-refractivity contribution is 5.91. The molecule has 8 nitrogen and oxygen atoms in total. The van der Waals surface area contributed by atoms with Crippen molar-refractivity contribution in [2.24, 2.45) is 0 Å². The third-order valence-corrected chi connectivity index (χ3v) is 4.38. The lowest BCUT2D eigenvalue weighted by atomic mass is 10.1. The Bertz CT molecular complexity index is 828. The number of likely N-dealkylation sites (N-methyl/N-ethyl adjacent to an activating group) is 1. The topological polar surface area (TPSA) is 104 Å². The zero-order valence-corrected chi connectivity index (χ0v) is 15.7. The summed E-state index contributed by atoms with van der Waals surface area (Å²) >= 11 is 0. The molecular formula is C20H24N4O4. The van der Waals surface area contributed by atoms with Gasteiger partial charge in [-0.15, -0.1) is 0 Å². The number of carbonyl (C=O) groups excluding carboxylic acids is 1. The summed E-state index contributed by atoms with van der Waals surface area (Å²) in [6, 6.07) is 11.0. The van der Waals surface area contributed by atoms with Crippen LogP contribution in [-0.4, -0.2) is 48.2 Å². The number of hydrogen-bond donors (Lipinski definition) is 3. The van der Waals surface area contributed by atoms with Gasteiger partial charge in [0.15, 0.2) is 0 Å². The highest BCUT2D eigenvalue weighted by Crippen LogP contribution is 2.35. The van der Waals surface area contributed by atoms with Gasteiger partial charge in [-0.2, -0.15) is 0 Å². The SMILES string of the molecule is CN1CC(CC(=O)O)Oc2ccc(NC(=O)CCCNc3ccccn3)cc21. The Kier molecular flexibility index (Phi) is 6.31. The average Bonchev–Trinajstić information content (AvgIpc) is 2.66. The zero-order chi connectivity index (χ0) is 19.9. The fraction of sp³-hybridized carbons (Fsp3) is 0.350. The lowest BCUT2D eigenvalue weighted by Gasteiger charge is -2.33. The smallest absolute Gasteiger partial charge is 0.307 e. The van der Waals surface area contributed by atoms with Crippen molar-refractivity contribution in [3.05, 3.63) is 42.6 Å². The molecule has 1 aromatic heterocycles. The number of pyridine rings is 1. The van der Waals surface area contributed by atoms with Gasteiger partial charge in [0.1, 0.15) is 17.7 Å². The van der Waals surface area contributed by atoms with Gasteiger partial charge in [-0.1, -0.05) is 6.07 Å². The molecule has 8 heteroatoms. The number of amides is 1. The van der Waals surface area contributed by atoms with Crippen molar-refractivity contribution in [3.8, 4) is 5.75 Å². The van der Waals surface area contributed by atoms with Gasteiger partial charge >= 0.3 is 5.97 Å². The number of carboxylic acid groups (broad SMARTS) is 1. The maximum absolute atomic E-state index is 12.2. The number of carboxylic acids is 1. The molecule has 0 saturated heterocycles. The summed E-state index contributed by atoms with van der Waals surface area (Å²) in [5.74, 6) is 0.466. The fourth-order valence-electron chi connectivity index (χ4n) is 3.07. The summed E-state index contributed by atoms with van der Waals surface area (Å²) in [6.45, 7) is 1.14. The monoisotopic (exact) mass is 384 g/mol. The largest absolute Gasteiger partial charge is 0.486 e. The van der Waals surface area contributed by atoms with E-state index in [-0.39, 0.29) is 18.4 Å². The number of anilines is 3. The Balaban J connectivity index is 1.49. The Morgan fingerprint density at radius 1 is 1.32 bits per heavy atom. The summed E-state index contributed by atoms with van der Waals surface area (Å²) in [5, 5.41) is 15.0. The van der Waals surface area contributed by atoms with Gasteiger partial charge in [0.05, 0.1) is 18.7 Å². The molecule has 1 aromatic carbocycles. The standard InChI is InChI=1S/C20H24N4O4/c1-24-13-15(12-20(26)27)28-17-8-7-14(11-16(17)24)23-19(25)6-4-10-22-18-5-2-3-9-21-18/h2-3,5,7-9,11,15H,4,6,10,12-13H2,1H3,(H,21,22)(H,23,25)(H,26,27). The molecule has 0 radical (unpaired) electrons. The van der Waals surface area contributed by atoms with Crippen molar-refractivity contribution < 1.29 is 19.4 Å². The molecule has 1 amide bonds. The van der Waals surface area contributed by atoms with Crippen LogP contribution < -0.4 is 20.3 Å². The molecule has 1 unspecified atom stereocenters. The summed E-state index contributed by atoms with van der Waals surface area (Å²) in [6.07, 6.45) is 2.36. The average molecular weight is 384 g/mol. The van der Waals surface area contributed by atoms with Gasteiger partial charge in [0.25, 0.3) is 0 Å². The molecule has 0 bridgehead atoms. The van der Waals surface area contributed by atoms with Crippen LogP contribution >= 0.6 is 0 Å². The van der Waals surface area contributed by atoms with E-state index in [1.54, 1.807) is 18.3 Å². The molecule has 3 N–H and O–H groups in total. The fourth-order valence-corrected chi connectivity index (χ4v) is 3.07. The Morgan fingerprint density at radius 3 is 2.93 bits per heavy atom. The van der Waals surface area contributed by atoms with Crippen LogP contribution in [0.1, 0.15) is 19.3 Å². The first kappa shape index (κ1) is 19.5. The molecular weight excluding hydrogens is 360 g/mol. The molecule has 2 aromatic rings. The second kappa shape index (κ2) is 9.07. The van der Waals surface area contributed by atoms with E-state index in [0.717, 1.165) is 11.5 Å². The number of hydrogen-bond acceptors (Lipinski definition) is 6. The summed E-state index contributed by atoms with van der Waals surface area (Å²) < 4.78 is 5.75. The quantitative estimate of drug-likeness (QED) is 0.601. The first-order chi connectivity index (χ1) is 13.5. The molecule has 0 spiro atoms. The van der Waals surface area contributed by atoms with Gasteiger partial charge in [0.2, 0.25) is 5.91 Å². The predicted octanol–water partition coefficient (Wildman–Crippen LogP) is 2.58. The lowest BCUT2D eigenvalue weighted by Crippen LogP contribution is -2.39. The Hall–Kier alpha value is -3.29. The number of fused-ring (bicyclic) bond motifs is 1. The molecule has 3 rings (SSSR count). The normalized spacial score (nSPS) is 15.3. The van der Waals surface area contributed by atoms with Crippen LogP contribution in [0.3, 0.4) is 0 Å². The molecule has 28 heavy (non-hydrogen) atoms. The van der Waals surface area contributed by atoms with E-state index in [1.807, 2.05) is 36.2 Å². The number of aromatic nitrogens is 1. The van der Waals surface area contributed by atoms with E-state index >= 15 is 0 Å². The highest BCUT2D eigenvalue weighted by atomic mass is 16.5. The van der Waals surface area contributed by atoms with Crippen LogP contribution in [0, 0.1) is 0 Å². The second-order valence-corrected chi connectivity index (χ2v) is 6.69. The third kappa shape index (κ3) is 5.35. The summed E-state index contributed by atoms with van der Waals surface area (Å²) in [5.41, 5.74) is 1.52. The number of rotatable bonds is 8. The molecule has 2 heterocycles. The number of nitrogens with zero attached hydrogens (tertiary/aromatic N) is 2. The van der Waals surface area contributed by atoms with E-state index < -0.39 is 5.97 Å². The Labute approximate surface area is 163 Å². The van der Waals surface area contributed by atoms with Crippen LogP contribution in [0.15, 0.2) is 42.6 Å². The number of nitrogens with one attached hydrogen (secondary N) is 2. The highest BCUT2D eigenvalue weighted by Gasteiger charge is 2.25. The van der Waals surface area contributed by atoms with Gasteiger partial charge in [-0.3, -0.25) is 9.59 Å². The van der Waals surface area contributed by atoms with Gasteiger partial charge in [-0.05, 0) is 36.8 Å². The van der Waals surface area contributed by atoms with Crippen molar-refractivity contribution in [3.63, 3.8) is 0 Å². The first-order valence-electron chi connectivity index (χ1n) is 9.19. The van der Waals surface area contributed by atoms with Gasteiger partial charge in [0, 0.05) is 31.9 Å². The van der Waals surface area contributed by atoms with E-state index in [2.05, 4.69) is 15.6 Å². The van der Waals surface area contributed by atoms with Crippen LogP contribution in [0.2, 0.25) is 0 Å². The Morgan fingerprint density at radius 2 is 2.18 bits per heavy atom. The molecule has 1 aliphatic heterocycles. The van der Waals surface area contributed by atoms with Crippen molar-refractivity contribution >= 4 is 29.1 Å². The number of benzene rings is 1. The number of ether oxygens (including phenoxy) is 1. The van der Waals surface area contributed by atoms with Gasteiger partial charge < -0.3 is 25.4 Å². The minimum atomic E-state index is -0.886. The summed E-state index contributed by atoms with van der Waals surface area (Å²) in [4.78, 5) is 29.2. The van der Waals surface area contributed by atoms with Crippen LogP contribution in [0.25, 0.3) is 0 Å². The lowest BCUT2D eigenvalue weighted by molar-refractivity contribution is -0.138. The van der Waals surface area contributed by atoms with Crippen LogP contribution in [0.5, 0.6) is 5.75 Å². The molecule has 1 aliphatic rings. The molecule has 0 fully saturated rings. The zero-order valence-electron chi connectivity index (χ0n) is 15.7. The van der Waals surface area contributed by atoms with Crippen molar-refractivity contribution in [2.75, 3.05) is 35.7 Å². The van der Waals surface area contributed by atoms with Crippen LogP contribution in [-0.2, 0) is 9.59 Å². The van der Waals surface area contributed by atoms with Gasteiger partial charge in [-0.25, -0.2) is 4.98 Å². The number of aliphatic carboxylic acids is 1. The molecule has 148 valence electrons. The molecule has 0 aliphatic carbocycles. The summed E-state index contributed by atoms with van der Waals surface area (Å²) in [7, 11) is 1.88. The van der Waals surface area contributed by atoms with E-state index in [4.69, 9.17) is 9.84 Å². The molecule has 1 atom stereocenters. The van der Waals surface area contributed by atoms with E-state index in [1.165, 1.54) is 0 Å². The predicted molar refractivity (Wildman–Crippen MR) is 107 cm³/mol. The first-order valence-corrected chi connectivity index (χ1v) is 9.19. The van der Waals surface area contributed by atoms with Crippen LogP contribution in [0.4, 0.5) is 17.2 Å². The third-order valence-electron chi connectivity index (χ3n) is 4.38. The van der Waals surface area contributed by atoms with Crippen molar-refractivity contribution in [2.45, 2.75) is 25.4 Å². The second-order valence-electron chi connectivity index (χ2n) is 6.69. The maximum Gasteiger partial charge on any atom is 0.307 e. The van der Waals surface area contributed by atoms with Crippen molar-refractivity contribution in [1.82, 2.24) is 4.98 Å². The number of carbonyl (C=O) groups is 2. The minimum Gasteiger partial charge on any atom is -0.486 e.